The minimum absolute atomic E-state index is 0. The fraction of sp³-hybridized carbons (Fsp3) is 0.556. The van der Waals surface area contributed by atoms with Gasteiger partial charge >= 0.3 is 130 Å². The van der Waals surface area contributed by atoms with Gasteiger partial charge < -0.3 is 0 Å². The van der Waals surface area contributed by atoms with Crippen molar-refractivity contribution in [3.05, 3.63) is 40.1 Å². The van der Waals surface area contributed by atoms with E-state index in [1.165, 1.54) is 0 Å². The molecule has 0 amide bonds. The summed E-state index contributed by atoms with van der Waals surface area (Å²) in [4.78, 5) is 0. The van der Waals surface area contributed by atoms with Crippen molar-refractivity contribution < 1.29 is 22.9 Å². The predicted octanol–water partition coefficient (Wildman–Crippen LogP) is 6.74. The first-order valence-corrected chi connectivity index (χ1v) is 10.9. The molecular formula is C18H28Br2Hf. The van der Waals surface area contributed by atoms with Crippen LogP contribution in [-0.2, 0) is 22.9 Å². The fourth-order valence-corrected chi connectivity index (χ4v) is 10.1. The van der Waals surface area contributed by atoms with Crippen molar-refractivity contribution in [3.8, 4) is 0 Å². The molecule has 2 aliphatic rings. The standard InChI is InChI=1S/2C9H13.2BrH.Hf/c2*1-6-5-7(2)9(4)8(6)3;;;/h2*6H,1-4H3;2*1H;. The molecule has 2 rings (SSSR count). The molecule has 3 heteroatoms. The number of allylic oxidation sites excluding steroid dienone is 8. The molecule has 0 N–H and O–H groups in total. The van der Waals surface area contributed by atoms with Gasteiger partial charge in [-0.1, -0.05) is 0 Å². The maximum atomic E-state index is 2.42. The number of rotatable bonds is 2. The second-order valence-corrected chi connectivity index (χ2v) is 11.0. The van der Waals surface area contributed by atoms with E-state index in [2.05, 4.69) is 55.4 Å². The van der Waals surface area contributed by atoms with Crippen LogP contribution >= 0.6 is 34.0 Å². The van der Waals surface area contributed by atoms with E-state index in [1.807, 2.05) is 6.66 Å². The summed E-state index contributed by atoms with van der Waals surface area (Å²) in [6, 6.07) is 0. The van der Waals surface area contributed by atoms with Crippen molar-refractivity contribution in [3.63, 3.8) is 0 Å². The zero-order valence-electron chi connectivity index (χ0n) is 14.5. The van der Waals surface area contributed by atoms with Gasteiger partial charge in [0.15, 0.2) is 0 Å². The van der Waals surface area contributed by atoms with Gasteiger partial charge in [0.1, 0.15) is 0 Å². The Bertz CT molecular complexity index is 512. The number of hydrogen-bond acceptors (Lipinski definition) is 0. The summed E-state index contributed by atoms with van der Waals surface area (Å²) in [6.07, 6.45) is 0. The van der Waals surface area contributed by atoms with Crippen molar-refractivity contribution in [2.45, 2.75) is 55.4 Å². The predicted molar refractivity (Wildman–Crippen MR) is 101 cm³/mol. The monoisotopic (exact) mass is 582 g/mol. The van der Waals surface area contributed by atoms with Crippen LogP contribution in [0.2, 0.25) is 0 Å². The first-order chi connectivity index (χ1) is 8.77. The average Bonchev–Trinajstić information content (AvgIpc) is 2.68. The molecule has 0 heterocycles. The van der Waals surface area contributed by atoms with Crippen LogP contribution in [0.5, 0.6) is 0 Å². The Morgan fingerprint density at radius 3 is 1.05 bits per heavy atom. The van der Waals surface area contributed by atoms with Crippen LogP contribution in [-0.4, -0.2) is 0 Å². The molecule has 0 aromatic rings. The molecule has 2 unspecified atom stereocenters. The second-order valence-electron chi connectivity index (χ2n) is 6.26. The van der Waals surface area contributed by atoms with Crippen LogP contribution in [0.15, 0.2) is 40.1 Å². The van der Waals surface area contributed by atoms with Crippen molar-refractivity contribution >= 4 is 34.0 Å². The fourth-order valence-electron chi connectivity index (χ4n) is 3.28. The molecule has 21 heavy (non-hydrogen) atoms. The van der Waals surface area contributed by atoms with Gasteiger partial charge in [-0.25, -0.2) is 0 Å². The third-order valence-corrected chi connectivity index (χ3v) is 13.3. The summed E-state index contributed by atoms with van der Waals surface area (Å²) in [6.45, 7) is 18.8. The van der Waals surface area contributed by atoms with E-state index in [4.69, 9.17) is 0 Å². The van der Waals surface area contributed by atoms with Gasteiger partial charge in [-0.15, -0.1) is 34.0 Å². The first kappa shape index (κ1) is 21.8. The SMILES string of the molecule is Br.Br.CC1=C(C)C(C)[C]([Hf][C]2=C(C)C(C)=C(C)C2C)=C1C. The van der Waals surface area contributed by atoms with Gasteiger partial charge in [-0.2, -0.15) is 0 Å². The zero-order chi connectivity index (χ0) is 14.5. The molecule has 0 bridgehead atoms. The molecule has 0 fully saturated rings. The minimum atomic E-state index is -0.856. The van der Waals surface area contributed by atoms with Gasteiger partial charge in [0.25, 0.3) is 0 Å². The molecule has 2 aliphatic carbocycles. The maximum absolute atomic E-state index is 2.42. The third-order valence-electron chi connectivity index (χ3n) is 5.55. The summed E-state index contributed by atoms with van der Waals surface area (Å²) in [5, 5.41) is 0. The molecule has 0 spiro atoms. The Balaban J connectivity index is 0.00000200. The first-order valence-electron chi connectivity index (χ1n) is 7.31. The molecule has 0 aliphatic heterocycles. The van der Waals surface area contributed by atoms with E-state index in [9.17, 15) is 0 Å². The molecule has 0 aromatic heterocycles. The average molecular weight is 583 g/mol. The van der Waals surface area contributed by atoms with E-state index in [-0.39, 0.29) is 34.0 Å². The van der Waals surface area contributed by atoms with Crippen LogP contribution in [0.1, 0.15) is 55.4 Å². The van der Waals surface area contributed by atoms with E-state index in [0.717, 1.165) is 11.8 Å². The summed E-state index contributed by atoms with van der Waals surface area (Å²) in [7, 11) is 0. The Morgan fingerprint density at radius 2 is 0.857 bits per heavy atom. The van der Waals surface area contributed by atoms with Crippen LogP contribution in [0.25, 0.3) is 0 Å². The van der Waals surface area contributed by atoms with Crippen molar-refractivity contribution in [2.24, 2.45) is 11.8 Å². The van der Waals surface area contributed by atoms with Crippen molar-refractivity contribution in [2.75, 3.05) is 0 Å². The summed E-state index contributed by atoms with van der Waals surface area (Å²) in [5.74, 6) is 1.44. The Kier molecular flexibility index (Phi) is 8.36. The summed E-state index contributed by atoms with van der Waals surface area (Å²) >= 11 is -0.856. The Morgan fingerprint density at radius 1 is 0.571 bits per heavy atom. The summed E-state index contributed by atoms with van der Waals surface area (Å²) in [5.41, 5.74) is 9.63. The molecular weight excluding hydrogens is 554 g/mol. The quantitative estimate of drug-likeness (QED) is 0.316. The van der Waals surface area contributed by atoms with Gasteiger partial charge in [-0.05, 0) is 0 Å². The van der Waals surface area contributed by atoms with Gasteiger partial charge in [0.2, 0.25) is 0 Å². The summed E-state index contributed by atoms with van der Waals surface area (Å²) < 4.78 is 3.69. The van der Waals surface area contributed by atoms with Crippen LogP contribution < -0.4 is 0 Å². The van der Waals surface area contributed by atoms with E-state index >= 15 is 0 Å². The van der Waals surface area contributed by atoms with Crippen LogP contribution in [0, 0.1) is 11.8 Å². The zero-order valence-corrected chi connectivity index (χ0v) is 21.5. The molecule has 0 radical (unpaired) electrons. The number of hydrogen-bond donors (Lipinski definition) is 0. The number of halogens is 2. The van der Waals surface area contributed by atoms with E-state index in [0.29, 0.717) is 0 Å². The van der Waals surface area contributed by atoms with E-state index < -0.39 is 22.9 Å². The third kappa shape index (κ3) is 3.66. The Hall–Kier alpha value is 0.790. The van der Waals surface area contributed by atoms with Crippen molar-refractivity contribution in [1.82, 2.24) is 0 Å². The molecule has 0 saturated carbocycles. The second kappa shape index (κ2) is 8.06. The van der Waals surface area contributed by atoms with Gasteiger partial charge in [0, 0.05) is 0 Å². The van der Waals surface area contributed by atoms with Crippen LogP contribution in [0.3, 0.4) is 0 Å². The van der Waals surface area contributed by atoms with Gasteiger partial charge in [0.05, 0.1) is 0 Å². The molecule has 0 nitrogen and oxygen atoms in total. The Labute approximate surface area is 163 Å². The molecule has 0 aromatic carbocycles. The van der Waals surface area contributed by atoms with Crippen LogP contribution in [0.4, 0.5) is 0 Å². The molecule has 2 atom stereocenters. The normalized spacial score (nSPS) is 25.5. The topological polar surface area (TPSA) is 0 Å². The molecule has 118 valence electrons. The van der Waals surface area contributed by atoms with Crippen molar-refractivity contribution in [1.29, 1.82) is 0 Å². The van der Waals surface area contributed by atoms with Gasteiger partial charge in [-0.3, -0.25) is 0 Å². The molecule has 0 saturated heterocycles. The van der Waals surface area contributed by atoms with E-state index in [1.54, 1.807) is 33.4 Å².